The van der Waals surface area contributed by atoms with Gasteiger partial charge >= 0.3 is 0 Å². The molecule has 7 heteroatoms. The van der Waals surface area contributed by atoms with Crippen molar-refractivity contribution in [3.8, 4) is 5.75 Å². The predicted molar refractivity (Wildman–Crippen MR) is 104 cm³/mol. The number of nitrogens with zero attached hydrogens (tertiary/aromatic N) is 1. The molecule has 1 unspecified atom stereocenters. The molecule has 0 fully saturated rings. The molecule has 0 aliphatic carbocycles. The lowest BCUT2D eigenvalue weighted by Gasteiger charge is -2.22. The summed E-state index contributed by atoms with van der Waals surface area (Å²) in [6.07, 6.45) is 3.54. The summed E-state index contributed by atoms with van der Waals surface area (Å²) in [5.74, 6) is 0.943. The highest BCUT2D eigenvalue weighted by atomic mass is 35.5. The number of carbonyl (C=O) groups excluding carboxylic acids is 1. The van der Waals surface area contributed by atoms with E-state index in [9.17, 15) is 4.79 Å². The SMILES string of the molecule is CCCCOc1c(Cl)cc(C(=O)NCC(c2ccco2)N(C)C)cc1Cl. The van der Waals surface area contributed by atoms with Crippen molar-refractivity contribution in [2.75, 3.05) is 27.2 Å². The lowest BCUT2D eigenvalue weighted by molar-refractivity contribution is 0.0939. The van der Waals surface area contributed by atoms with Crippen molar-refractivity contribution >= 4 is 29.1 Å². The number of ether oxygens (including phenoxy) is 1. The van der Waals surface area contributed by atoms with Crippen LogP contribution in [0.15, 0.2) is 34.9 Å². The highest BCUT2D eigenvalue weighted by Gasteiger charge is 2.19. The lowest BCUT2D eigenvalue weighted by Crippen LogP contribution is -2.34. The van der Waals surface area contributed by atoms with E-state index in [0.29, 0.717) is 34.5 Å². The number of unbranched alkanes of at least 4 members (excludes halogenated alkanes) is 1. The molecule has 2 rings (SSSR count). The monoisotopic (exact) mass is 398 g/mol. The minimum atomic E-state index is -0.257. The van der Waals surface area contributed by atoms with E-state index in [2.05, 4.69) is 12.2 Å². The molecule has 1 amide bonds. The summed E-state index contributed by atoms with van der Waals surface area (Å²) in [5.41, 5.74) is 0.389. The van der Waals surface area contributed by atoms with Crippen molar-refractivity contribution in [1.29, 1.82) is 0 Å². The van der Waals surface area contributed by atoms with E-state index in [0.717, 1.165) is 18.6 Å². The molecule has 0 aliphatic heterocycles. The van der Waals surface area contributed by atoms with Crippen molar-refractivity contribution in [2.45, 2.75) is 25.8 Å². The number of nitrogens with one attached hydrogen (secondary N) is 1. The van der Waals surface area contributed by atoms with E-state index in [1.54, 1.807) is 18.4 Å². The zero-order valence-electron chi connectivity index (χ0n) is 15.2. The largest absolute Gasteiger partial charge is 0.490 e. The van der Waals surface area contributed by atoms with Crippen LogP contribution in [-0.4, -0.2) is 38.1 Å². The molecule has 0 bridgehead atoms. The Morgan fingerprint density at radius 1 is 1.31 bits per heavy atom. The number of amides is 1. The molecule has 5 nitrogen and oxygen atoms in total. The number of halogens is 2. The molecule has 1 aromatic heterocycles. The highest BCUT2D eigenvalue weighted by molar-refractivity contribution is 6.37. The molecule has 1 aromatic carbocycles. The zero-order valence-corrected chi connectivity index (χ0v) is 16.7. The van der Waals surface area contributed by atoms with Gasteiger partial charge in [-0.05, 0) is 44.8 Å². The first-order chi connectivity index (χ1) is 12.4. The van der Waals surface area contributed by atoms with Crippen molar-refractivity contribution in [1.82, 2.24) is 10.2 Å². The second-order valence-corrected chi connectivity index (χ2v) is 6.99. The Morgan fingerprint density at radius 2 is 2.00 bits per heavy atom. The molecule has 0 aliphatic rings. The third-order valence-corrected chi connectivity index (χ3v) is 4.52. The first kappa shape index (κ1) is 20.6. The topological polar surface area (TPSA) is 54.7 Å². The van der Waals surface area contributed by atoms with Crippen LogP contribution < -0.4 is 10.1 Å². The number of likely N-dealkylation sites (N-methyl/N-ethyl adjacent to an activating group) is 1. The maximum absolute atomic E-state index is 12.5. The quantitative estimate of drug-likeness (QED) is 0.616. The molecule has 2 aromatic rings. The third kappa shape index (κ3) is 5.40. The van der Waals surface area contributed by atoms with Gasteiger partial charge in [0.2, 0.25) is 0 Å². The van der Waals surface area contributed by atoms with Gasteiger partial charge in [-0.2, -0.15) is 0 Å². The molecule has 1 N–H and O–H groups in total. The van der Waals surface area contributed by atoms with Crippen LogP contribution in [0.4, 0.5) is 0 Å². The Bertz CT molecular complexity index is 695. The molecule has 142 valence electrons. The van der Waals surface area contributed by atoms with E-state index in [1.807, 2.05) is 31.1 Å². The van der Waals surface area contributed by atoms with Gasteiger partial charge in [0.25, 0.3) is 5.91 Å². The van der Waals surface area contributed by atoms with E-state index < -0.39 is 0 Å². The van der Waals surface area contributed by atoms with Crippen molar-refractivity contribution < 1.29 is 13.9 Å². The summed E-state index contributed by atoms with van der Waals surface area (Å²) in [7, 11) is 3.85. The van der Waals surface area contributed by atoms with E-state index >= 15 is 0 Å². The van der Waals surface area contributed by atoms with E-state index in [-0.39, 0.29) is 11.9 Å². The summed E-state index contributed by atoms with van der Waals surface area (Å²) < 4.78 is 11.1. The van der Waals surface area contributed by atoms with Crippen molar-refractivity contribution in [3.05, 3.63) is 51.9 Å². The van der Waals surface area contributed by atoms with Gasteiger partial charge in [0, 0.05) is 12.1 Å². The standard InChI is InChI=1S/C19H24Cl2N2O3/c1-4-5-8-26-18-14(20)10-13(11-15(18)21)19(24)22-12-16(23(2)3)17-7-6-9-25-17/h6-7,9-11,16H,4-5,8,12H2,1-3H3,(H,22,24). The van der Waals surface area contributed by atoms with Gasteiger partial charge in [0.1, 0.15) is 5.76 Å². The van der Waals surface area contributed by atoms with Crippen LogP contribution in [0, 0.1) is 0 Å². The fourth-order valence-electron chi connectivity index (χ4n) is 2.46. The number of hydrogen-bond donors (Lipinski definition) is 1. The van der Waals surface area contributed by atoms with Crippen LogP contribution in [0.1, 0.15) is 41.9 Å². The summed E-state index contributed by atoms with van der Waals surface area (Å²) >= 11 is 12.5. The fourth-order valence-corrected chi connectivity index (χ4v) is 3.05. The first-order valence-electron chi connectivity index (χ1n) is 8.53. The van der Waals surface area contributed by atoms with Crippen LogP contribution in [0.3, 0.4) is 0 Å². The van der Waals surface area contributed by atoms with E-state index in [4.69, 9.17) is 32.4 Å². The minimum Gasteiger partial charge on any atom is -0.490 e. The maximum atomic E-state index is 12.5. The molecule has 26 heavy (non-hydrogen) atoms. The van der Waals surface area contributed by atoms with Crippen LogP contribution in [0.2, 0.25) is 10.0 Å². The molecule has 0 saturated heterocycles. The van der Waals surface area contributed by atoms with Crippen LogP contribution in [0.25, 0.3) is 0 Å². The third-order valence-electron chi connectivity index (χ3n) is 3.96. The van der Waals surface area contributed by atoms with Gasteiger partial charge < -0.3 is 14.5 Å². The molecular formula is C19H24Cl2N2O3. The summed E-state index contributed by atoms with van der Waals surface area (Å²) in [6, 6.07) is 6.78. The van der Waals surface area contributed by atoms with Gasteiger partial charge in [-0.1, -0.05) is 36.5 Å². The van der Waals surface area contributed by atoms with Gasteiger partial charge in [-0.3, -0.25) is 9.69 Å². The summed E-state index contributed by atoms with van der Waals surface area (Å²) in [6.45, 7) is 3.00. The number of furan rings is 1. The van der Waals surface area contributed by atoms with Gasteiger partial charge in [0.05, 0.1) is 29.0 Å². The van der Waals surface area contributed by atoms with Crippen LogP contribution >= 0.6 is 23.2 Å². The zero-order chi connectivity index (χ0) is 19.1. The smallest absolute Gasteiger partial charge is 0.251 e. The van der Waals surface area contributed by atoms with Crippen molar-refractivity contribution in [3.63, 3.8) is 0 Å². The first-order valence-corrected chi connectivity index (χ1v) is 9.29. The van der Waals surface area contributed by atoms with Crippen molar-refractivity contribution in [2.24, 2.45) is 0 Å². The average molecular weight is 399 g/mol. The normalized spacial score (nSPS) is 12.2. The Morgan fingerprint density at radius 3 is 2.54 bits per heavy atom. The van der Waals surface area contributed by atoms with Gasteiger partial charge in [-0.25, -0.2) is 0 Å². The number of carbonyl (C=O) groups is 1. The van der Waals surface area contributed by atoms with E-state index in [1.165, 1.54) is 0 Å². The molecule has 1 heterocycles. The molecule has 0 saturated carbocycles. The second-order valence-electron chi connectivity index (χ2n) is 6.18. The number of benzene rings is 1. The molecule has 0 radical (unpaired) electrons. The number of rotatable bonds is 9. The Balaban J connectivity index is 2.05. The predicted octanol–water partition coefficient (Wildman–Crippen LogP) is 4.80. The summed E-state index contributed by atoms with van der Waals surface area (Å²) in [5, 5.41) is 3.55. The van der Waals surface area contributed by atoms with Gasteiger partial charge in [0.15, 0.2) is 5.75 Å². The van der Waals surface area contributed by atoms with Gasteiger partial charge in [-0.15, -0.1) is 0 Å². The minimum absolute atomic E-state index is 0.0726. The fraction of sp³-hybridized carbons (Fsp3) is 0.421. The maximum Gasteiger partial charge on any atom is 0.251 e. The average Bonchev–Trinajstić information content (AvgIpc) is 3.11. The lowest BCUT2D eigenvalue weighted by atomic mass is 10.1. The summed E-state index contributed by atoms with van der Waals surface area (Å²) in [4.78, 5) is 14.5. The van der Waals surface area contributed by atoms with Crippen LogP contribution in [-0.2, 0) is 0 Å². The molecular weight excluding hydrogens is 375 g/mol. The highest BCUT2D eigenvalue weighted by Crippen LogP contribution is 2.34. The van der Waals surface area contributed by atoms with Crippen LogP contribution in [0.5, 0.6) is 5.75 Å². The molecule has 0 spiro atoms. The Labute approximate surface area is 164 Å². The molecule has 1 atom stereocenters. The number of hydrogen-bond acceptors (Lipinski definition) is 4. The Hall–Kier alpha value is -1.69. The Kier molecular flexibility index (Phi) is 7.82. The second kappa shape index (κ2) is 9.86.